The zero-order valence-corrected chi connectivity index (χ0v) is 11.6. The molecule has 2 nitrogen and oxygen atoms in total. The highest BCUT2D eigenvalue weighted by atomic mass is 19.4. The van der Waals surface area contributed by atoms with E-state index in [1.165, 1.54) is 12.1 Å². The molecule has 108 valence electrons. The third kappa shape index (κ3) is 6.59. The van der Waals surface area contributed by atoms with E-state index in [9.17, 15) is 13.2 Å². The van der Waals surface area contributed by atoms with Crippen molar-refractivity contribution < 1.29 is 13.2 Å². The maximum absolute atomic E-state index is 12.4. The number of alkyl halides is 3. The van der Waals surface area contributed by atoms with Crippen molar-refractivity contribution >= 4 is 0 Å². The molecule has 1 rings (SSSR count). The van der Waals surface area contributed by atoms with E-state index < -0.39 is 11.7 Å². The SMILES string of the molecule is CC(C)(C)NCCNCc1ccc(C(F)(F)F)cc1. The van der Waals surface area contributed by atoms with Gasteiger partial charge in [0.2, 0.25) is 0 Å². The van der Waals surface area contributed by atoms with Gasteiger partial charge in [-0.15, -0.1) is 0 Å². The van der Waals surface area contributed by atoms with Gasteiger partial charge in [-0.2, -0.15) is 13.2 Å². The second-order valence-corrected chi connectivity index (χ2v) is 5.55. The van der Waals surface area contributed by atoms with Gasteiger partial charge >= 0.3 is 6.18 Å². The fraction of sp³-hybridized carbons (Fsp3) is 0.571. The molecule has 0 aliphatic carbocycles. The third-order valence-electron chi connectivity index (χ3n) is 2.57. The van der Waals surface area contributed by atoms with Gasteiger partial charge in [-0.25, -0.2) is 0 Å². The molecule has 0 aromatic heterocycles. The topological polar surface area (TPSA) is 24.1 Å². The number of hydrogen-bond acceptors (Lipinski definition) is 2. The molecule has 0 aliphatic rings. The molecule has 1 aromatic rings. The summed E-state index contributed by atoms with van der Waals surface area (Å²) in [5, 5.41) is 6.51. The molecule has 5 heteroatoms. The second kappa shape index (κ2) is 6.39. The van der Waals surface area contributed by atoms with Gasteiger partial charge in [0.1, 0.15) is 0 Å². The van der Waals surface area contributed by atoms with Gasteiger partial charge in [0.05, 0.1) is 5.56 Å². The molecular weight excluding hydrogens is 253 g/mol. The summed E-state index contributed by atoms with van der Waals surface area (Å²) in [4.78, 5) is 0. The minimum absolute atomic E-state index is 0.0794. The maximum atomic E-state index is 12.4. The van der Waals surface area contributed by atoms with Crippen molar-refractivity contribution in [1.29, 1.82) is 0 Å². The van der Waals surface area contributed by atoms with Gasteiger partial charge in [-0.3, -0.25) is 0 Å². The van der Waals surface area contributed by atoms with Crippen LogP contribution in [-0.2, 0) is 12.7 Å². The molecule has 0 bridgehead atoms. The third-order valence-corrected chi connectivity index (χ3v) is 2.57. The normalized spacial score (nSPS) is 12.7. The van der Waals surface area contributed by atoms with E-state index in [0.29, 0.717) is 6.54 Å². The Kier molecular flexibility index (Phi) is 5.38. The Hall–Kier alpha value is -1.07. The molecule has 0 radical (unpaired) electrons. The van der Waals surface area contributed by atoms with Gasteiger partial charge in [0.15, 0.2) is 0 Å². The zero-order valence-electron chi connectivity index (χ0n) is 11.6. The van der Waals surface area contributed by atoms with E-state index in [4.69, 9.17) is 0 Å². The first-order valence-corrected chi connectivity index (χ1v) is 6.30. The van der Waals surface area contributed by atoms with Crippen molar-refractivity contribution in [1.82, 2.24) is 10.6 Å². The average Bonchev–Trinajstić information content (AvgIpc) is 2.26. The standard InChI is InChI=1S/C14H21F3N2/c1-13(2,3)19-9-8-18-10-11-4-6-12(7-5-11)14(15,16)17/h4-7,18-19H,8-10H2,1-3H3. The van der Waals surface area contributed by atoms with Gasteiger partial charge in [0.25, 0.3) is 0 Å². The van der Waals surface area contributed by atoms with Crippen LogP contribution in [0.4, 0.5) is 13.2 Å². The summed E-state index contributed by atoms with van der Waals surface area (Å²) in [6, 6.07) is 5.24. The lowest BCUT2D eigenvalue weighted by Crippen LogP contribution is -2.40. The van der Waals surface area contributed by atoms with Gasteiger partial charge in [-0.1, -0.05) is 12.1 Å². The molecule has 0 aliphatic heterocycles. The monoisotopic (exact) mass is 274 g/mol. The number of rotatable bonds is 5. The maximum Gasteiger partial charge on any atom is 0.416 e. The predicted molar refractivity (Wildman–Crippen MR) is 70.9 cm³/mol. The fourth-order valence-corrected chi connectivity index (χ4v) is 1.57. The van der Waals surface area contributed by atoms with Crippen LogP contribution in [0.15, 0.2) is 24.3 Å². The van der Waals surface area contributed by atoms with E-state index in [-0.39, 0.29) is 5.54 Å². The van der Waals surface area contributed by atoms with Crippen molar-refractivity contribution in [2.45, 2.75) is 39.0 Å². The van der Waals surface area contributed by atoms with E-state index in [0.717, 1.165) is 30.8 Å². The van der Waals surface area contributed by atoms with Crippen LogP contribution in [0.1, 0.15) is 31.9 Å². The van der Waals surface area contributed by atoms with Crippen LogP contribution >= 0.6 is 0 Å². The number of benzene rings is 1. The quantitative estimate of drug-likeness (QED) is 0.806. The van der Waals surface area contributed by atoms with Crippen LogP contribution in [0.25, 0.3) is 0 Å². The zero-order chi connectivity index (χ0) is 14.5. The summed E-state index contributed by atoms with van der Waals surface area (Å²) in [7, 11) is 0. The molecule has 0 atom stereocenters. The van der Waals surface area contributed by atoms with Crippen LogP contribution in [0.3, 0.4) is 0 Å². The summed E-state index contributed by atoms with van der Waals surface area (Å²) >= 11 is 0. The largest absolute Gasteiger partial charge is 0.416 e. The Balaban J connectivity index is 2.31. The first kappa shape index (κ1) is 16.0. The predicted octanol–water partition coefficient (Wildman–Crippen LogP) is 3.18. The Morgan fingerprint density at radius 3 is 2.00 bits per heavy atom. The number of nitrogens with one attached hydrogen (secondary N) is 2. The van der Waals surface area contributed by atoms with Gasteiger partial charge in [0, 0.05) is 25.2 Å². The molecule has 0 heterocycles. The summed E-state index contributed by atoms with van der Waals surface area (Å²) in [5.41, 5.74) is 0.324. The van der Waals surface area contributed by atoms with E-state index in [1.807, 2.05) is 0 Å². The average molecular weight is 274 g/mol. The lowest BCUT2D eigenvalue weighted by atomic mass is 10.1. The first-order chi connectivity index (χ1) is 8.68. The smallest absolute Gasteiger partial charge is 0.311 e. The fourth-order valence-electron chi connectivity index (χ4n) is 1.57. The summed E-state index contributed by atoms with van der Waals surface area (Å²) in [5.74, 6) is 0. The summed E-state index contributed by atoms with van der Waals surface area (Å²) in [6.45, 7) is 8.43. The highest BCUT2D eigenvalue weighted by Crippen LogP contribution is 2.28. The minimum Gasteiger partial charge on any atom is -0.311 e. The van der Waals surface area contributed by atoms with Crippen molar-refractivity contribution in [3.05, 3.63) is 35.4 Å². The Morgan fingerprint density at radius 1 is 0.947 bits per heavy atom. The number of hydrogen-bond donors (Lipinski definition) is 2. The van der Waals surface area contributed by atoms with Crippen LogP contribution in [-0.4, -0.2) is 18.6 Å². The van der Waals surface area contributed by atoms with Crippen LogP contribution in [0.2, 0.25) is 0 Å². The Morgan fingerprint density at radius 2 is 1.53 bits per heavy atom. The van der Waals surface area contributed by atoms with Crippen molar-refractivity contribution in [3.63, 3.8) is 0 Å². The summed E-state index contributed by atoms with van der Waals surface area (Å²) < 4.78 is 37.1. The van der Waals surface area contributed by atoms with Gasteiger partial charge in [-0.05, 0) is 38.5 Å². The van der Waals surface area contributed by atoms with Crippen molar-refractivity contribution in [2.75, 3.05) is 13.1 Å². The molecule has 0 unspecified atom stereocenters. The molecular formula is C14H21F3N2. The first-order valence-electron chi connectivity index (χ1n) is 6.30. The minimum atomic E-state index is -4.26. The van der Waals surface area contributed by atoms with Crippen LogP contribution in [0, 0.1) is 0 Å². The van der Waals surface area contributed by atoms with Crippen LogP contribution < -0.4 is 10.6 Å². The highest BCUT2D eigenvalue weighted by molar-refractivity contribution is 5.24. The molecule has 2 N–H and O–H groups in total. The van der Waals surface area contributed by atoms with E-state index >= 15 is 0 Å². The molecule has 0 fully saturated rings. The van der Waals surface area contributed by atoms with E-state index in [1.54, 1.807) is 0 Å². The van der Waals surface area contributed by atoms with Crippen LogP contribution in [0.5, 0.6) is 0 Å². The lowest BCUT2D eigenvalue weighted by molar-refractivity contribution is -0.137. The number of halogens is 3. The molecule has 0 spiro atoms. The molecule has 0 saturated heterocycles. The van der Waals surface area contributed by atoms with Gasteiger partial charge < -0.3 is 10.6 Å². The molecule has 19 heavy (non-hydrogen) atoms. The lowest BCUT2D eigenvalue weighted by Gasteiger charge is -2.20. The Labute approximate surface area is 112 Å². The van der Waals surface area contributed by atoms with Crippen molar-refractivity contribution in [2.24, 2.45) is 0 Å². The van der Waals surface area contributed by atoms with Crippen molar-refractivity contribution in [3.8, 4) is 0 Å². The summed E-state index contributed by atoms with van der Waals surface area (Å²) in [6.07, 6.45) is -4.26. The molecule has 0 saturated carbocycles. The molecule has 0 amide bonds. The highest BCUT2D eigenvalue weighted by Gasteiger charge is 2.29. The van der Waals surface area contributed by atoms with E-state index in [2.05, 4.69) is 31.4 Å². The molecule has 1 aromatic carbocycles. The second-order valence-electron chi connectivity index (χ2n) is 5.55. The Bertz CT molecular complexity index is 377.